The van der Waals surface area contributed by atoms with Gasteiger partial charge in [0.2, 0.25) is 11.7 Å². The minimum Gasteiger partial charge on any atom is -0.339 e. The fraction of sp³-hybridized carbons (Fsp3) is 0.273. The van der Waals surface area contributed by atoms with Crippen LogP contribution in [0.1, 0.15) is 11.5 Å². The Kier molecular flexibility index (Phi) is 3.16. The number of halogens is 1. The molecule has 0 saturated carbocycles. The zero-order valence-corrected chi connectivity index (χ0v) is 9.99. The van der Waals surface area contributed by atoms with Gasteiger partial charge in [-0.3, -0.25) is 0 Å². The van der Waals surface area contributed by atoms with Crippen LogP contribution in [0.2, 0.25) is 0 Å². The van der Waals surface area contributed by atoms with Crippen LogP contribution in [-0.4, -0.2) is 15.5 Å². The lowest BCUT2D eigenvalue weighted by Gasteiger charge is -1.94. The van der Waals surface area contributed by atoms with E-state index in [2.05, 4.69) is 33.0 Å². The Morgan fingerprint density at radius 1 is 1.27 bits per heavy atom. The van der Waals surface area contributed by atoms with E-state index in [1.807, 2.05) is 24.3 Å². The highest BCUT2D eigenvalue weighted by molar-refractivity contribution is 9.09. The summed E-state index contributed by atoms with van der Waals surface area (Å²) in [7, 11) is 0. The Balaban J connectivity index is 2.25. The van der Waals surface area contributed by atoms with E-state index in [9.17, 15) is 0 Å². The van der Waals surface area contributed by atoms with Crippen LogP contribution in [0, 0.1) is 6.92 Å². The lowest BCUT2D eigenvalue weighted by molar-refractivity contribution is 0.383. The zero-order chi connectivity index (χ0) is 10.7. The number of nitrogens with zero attached hydrogens (tertiary/aromatic N) is 2. The van der Waals surface area contributed by atoms with Crippen LogP contribution in [0.25, 0.3) is 11.4 Å². The van der Waals surface area contributed by atoms with E-state index in [-0.39, 0.29) is 0 Å². The fourth-order valence-corrected chi connectivity index (χ4v) is 1.60. The second-order valence-electron chi connectivity index (χ2n) is 3.32. The second kappa shape index (κ2) is 4.57. The lowest BCUT2D eigenvalue weighted by Crippen LogP contribution is -1.85. The molecular weight excluding hydrogens is 256 g/mol. The normalized spacial score (nSPS) is 10.5. The predicted octanol–water partition coefficient (Wildman–Crippen LogP) is 2.98. The van der Waals surface area contributed by atoms with Gasteiger partial charge in [0.1, 0.15) is 0 Å². The molecular formula is C11H11BrN2O. The molecule has 0 unspecified atom stereocenters. The Bertz CT molecular complexity index is 436. The fourth-order valence-electron chi connectivity index (χ4n) is 1.26. The topological polar surface area (TPSA) is 38.9 Å². The number of hydrogen-bond acceptors (Lipinski definition) is 3. The summed E-state index contributed by atoms with van der Waals surface area (Å²) in [5.41, 5.74) is 2.22. The van der Waals surface area contributed by atoms with Gasteiger partial charge >= 0.3 is 0 Å². The highest BCUT2D eigenvalue weighted by atomic mass is 79.9. The summed E-state index contributed by atoms with van der Waals surface area (Å²) >= 11 is 3.33. The summed E-state index contributed by atoms with van der Waals surface area (Å²) in [6.45, 7) is 2.05. The van der Waals surface area contributed by atoms with Crippen molar-refractivity contribution in [2.75, 3.05) is 5.33 Å². The summed E-state index contributed by atoms with van der Waals surface area (Å²) in [6.07, 6.45) is 0.763. The molecule has 0 saturated heterocycles. The van der Waals surface area contributed by atoms with Crippen LogP contribution < -0.4 is 0 Å². The Morgan fingerprint density at radius 2 is 2.00 bits per heavy atom. The van der Waals surface area contributed by atoms with E-state index >= 15 is 0 Å². The van der Waals surface area contributed by atoms with Gasteiger partial charge in [-0.25, -0.2) is 0 Å². The third kappa shape index (κ3) is 2.45. The summed E-state index contributed by atoms with van der Waals surface area (Å²) < 4.78 is 5.10. The van der Waals surface area contributed by atoms with E-state index < -0.39 is 0 Å². The Hall–Kier alpha value is -1.16. The second-order valence-corrected chi connectivity index (χ2v) is 4.11. The molecule has 1 aromatic heterocycles. The van der Waals surface area contributed by atoms with Crippen molar-refractivity contribution >= 4 is 15.9 Å². The molecule has 0 atom stereocenters. The van der Waals surface area contributed by atoms with Crippen LogP contribution >= 0.6 is 15.9 Å². The summed E-state index contributed by atoms with van der Waals surface area (Å²) in [6, 6.07) is 8.07. The standard InChI is InChI=1S/C11H11BrN2O/c1-8-2-4-9(5-3-8)11-13-10(6-7-12)15-14-11/h2-5H,6-7H2,1H3. The average Bonchev–Trinajstić information content (AvgIpc) is 2.68. The molecule has 0 spiro atoms. The minimum atomic E-state index is 0.658. The van der Waals surface area contributed by atoms with Crippen molar-refractivity contribution in [2.45, 2.75) is 13.3 Å². The molecule has 0 bridgehead atoms. The summed E-state index contributed by atoms with van der Waals surface area (Å²) in [5, 5.41) is 4.76. The molecule has 4 heteroatoms. The molecule has 2 aromatic rings. The Labute approximate surface area is 96.6 Å². The largest absolute Gasteiger partial charge is 0.339 e. The first kappa shape index (κ1) is 10.4. The minimum absolute atomic E-state index is 0.658. The van der Waals surface area contributed by atoms with Gasteiger partial charge in [0.25, 0.3) is 0 Å². The molecule has 78 valence electrons. The van der Waals surface area contributed by atoms with E-state index in [0.29, 0.717) is 11.7 Å². The third-order valence-corrected chi connectivity index (χ3v) is 2.48. The van der Waals surface area contributed by atoms with Gasteiger partial charge < -0.3 is 4.52 Å². The highest BCUT2D eigenvalue weighted by Crippen LogP contribution is 2.16. The number of benzene rings is 1. The van der Waals surface area contributed by atoms with Crippen LogP contribution in [0.4, 0.5) is 0 Å². The number of hydrogen-bond donors (Lipinski definition) is 0. The van der Waals surface area contributed by atoms with Gasteiger partial charge in [0.15, 0.2) is 0 Å². The van der Waals surface area contributed by atoms with Crippen LogP contribution in [0.3, 0.4) is 0 Å². The first-order valence-electron chi connectivity index (χ1n) is 4.75. The van der Waals surface area contributed by atoms with E-state index in [1.165, 1.54) is 5.56 Å². The molecule has 0 aliphatic rings. The number of rotatable bonds is 3. The van der Waals surface area contributed by atoms with Crippen LogP contribution in [0.15, 0.2) is 28.8 Å². The molecule has 3 nitrogen and oxygen atoms in total. The molecule has 0 amide bonds. The maximum absolute atomic E-state index is 5.10. The van der Waals surface area contributed by atoms with Crippen molar-refractivity contribution < 1.29 is 4.52 Å². The zero-order valence-electron chi connectivity index (χ0n) is 8.40. The molecule has 0 fully saturated rings. The smallest absolute Gasteiger partial charge is 0.227 e. The summed E-state index contributed by atoms with van der Waals surface area (Å²) in [4.78, 5) is 4.29. The lowest BCUT2D eigenvalue weighted by atomic mass is 10.1. The summed E-state index contributed by atoms with van der Waals surface area (Å²) in [5.74, 6) is 1.33. The van der Waals surface area contributed by atoms with Crippen LogP contribution in [0.5, 0.6) is 0 Å². The third-order valence-electron chi connectivity index (χ3n) is 2.09. The van der Waals surface area contributed by atoms with Gasteiger partial charge in [-0.2, -0.15) is 4.98 Å². The molecule has 0 aliphatic carbocycles. The first-order chi connectivity index (χ1) is 7.29. The quantitative estimate of drug-likeness (QED) is 0.802. The van der Waals surface area contributed by atoms with Crippen molar-refractivity contribution in [3.63, 3.8) is 0 Å². The number of alkyl halides is 1. The van der Waals surface area contributed by atoms with Crippen molar-refractivity contribution in [3.05, 3.63) is 35.7 Å². The highest BCUT2D eigenvalue weighted by Gasteiger charge is 2.07. The van der Waals surface area contributed by atoms with Gasteiger partial charge in [-0.15, -0.1) is 0 Å². The van der Waals surface area contributed by atoms with Crippen molar-refractivity contribution in [1.29, 1.82) is 0 Å². The van der Waals surface area contributed by atoms with Crippen LogP contribution in [-0.2, 0) is 6.42 Å². The Morgan fingerprint density at radius 3 is 2.67 bits per heavy atom. The molecule has 2 rings (SSSR count). The average molecular weight is 267 g/mol. The first-order valence-corrected chi connectivity index (χ1v) is 5.87. The molecule has 0 N–H and O–H groups in total. The SMILES string of the molecule is Cc1ccc(-c2noc(CCBr)n2)cc1. The van der Waals surface area contributed by atoms with Gasteiger partial charge in [-0.05, 0) is 6.92 Å². The number of aryl methyl sites for hydroxylation is 2. The molecule has 0 aliphatic heterocycles. The molecule has 1 heterocycles. The van der Waals surface area contributed by atoms with E-state index in [0.717, 1.165) is 17.3 Å². The van der Waals surface area contributed by atoms with E-state index in [4.69, 9.17) is 4.52 Å². The maximum atomic E-state index is 5.10. The van der Waals surface area contributed by atoms with Crippen molar-refractivity contribution in [2.24, 2.45) is 0 Å². The van der Waals surface area contributed by atoms with Gasteiger partial charge in [0, 0.05) is 17.3 Å². The van der Waals surface area contributed by atoms with E-state index in [1.54, 1.807) is 0 Å². The number of aromatic nitrogens is 2. The van der Waals surface area contributed by atoms with Crippen molar-refractivity contribution in [1.82, 2.24) is 10.1 Å². The van der Waals surface area contributed by atoms with Gasteiger partial charge in [0.05, 0.1) is 0 Å². The maximum Gasteiger partial charge on any atom is 0.227 e. The predicted molar refractivity (Wildman–Crippen MR) is 62.0 cm³/mol. The molecule has 1 aromatic carbocycles. The van der Waals surface area contributed by atoms with Crippen molar-refractivity contribution in [3.8, 4) is 11.4 Å². The monoisotopic (exact) mass is 266 g/mol. The van der Waals surface area contributed by atoms with Gasteiger partial charge in [-0.1, -0.05) is 50.9 Å². The molecule has 15 heavy (non-hydrogen) atoms. The molecule has 0 radical (unpaired) electrons.